The van der Waals surface area contributed by atoms with E-state index in [0.717, 1.165) is 18.8 Å². The molecule has 0 aliphatic rings. The number of anilines is 1. The SMILES string of the molecule is CCCCCCCOc1ccc(N)nc1. The highest BCUT2D eigenvalue weighted by molar-refractivity contribution is 5.31. The molecule has 3 nitrogen and oxygen atoms in total. The van der Waals surface area contributed by atoms with E-state index in [-0.39, 0.29) is 0 Å². The van der Waals surface area contributed by atoms with Crippen LogP contribution < -0.4 is 10.5 Å². The zero-order chi connectivity index (χ0) is 10.9. The predicted molar refractivity (Wildman–Crippen MR) is 62.9 cm³/mol. The number of ether oxygens (including phenoxy) is 1. The molecule has 1 rings (SSSR count). The van der Waals surface area contributed by atoms with Gasteiger partial charge in [-0.2, -0.15) is 0 Å². The van der Waals surface area contributed by atoms with Crippen LogP contribution in [0.25, 0.3) is 0 Å². The minimum Gasteiger partial charge on any atom is -0.492 e. The third-order valence-corrected chi connectivity index (χ3v) is 2.28. The van der Waals surface area contributed by atoms with Gasteiger partial charge in [0.05, 0.1) is 12.8 Å². The maximum Gasteiger partial charge on any atom is 0.137 e. The Morgan fingerprint density at radius 1 is 1.20 bits per heavy atom. The Morgan fingerprint density at radius 2 is 2.00 bits per heavy atom. The van der Waals surface area contributed by atoms with E-state index in [1.165, 1.54) is 25.7 Å². The first-order valence-electron chi connectivity index (χ1n) is 5.67. The lowest BCUT2D eigenvalue weighted by Crippen LogP contribution is -1.98. The summed E-state index contributed by atoms with van der Waals surface area (Å²) < 4.78 is 5.52. The van der Waals surface area contributed by atoms with E-state index in [9.17, 15) is 0 Å². The van der Waals surface area contributed by atoms with Crippen molar-refractivity contribution < 1.29 is 4.74 Å². The summed E-state index contributed by atoms with van der Waals surface area (Å²) >= 11 is 0. The summed E-state index contributed by atoms with van der Waals surface area (Å²) in [5.41, 5.74) is 5.47. The van der Waals surface area contributed by atoms with Crippen LogP contribution >= 0.6 is 0 Å². The van der Waals surface area contributed by atoms with E-state index in [1.54, 1.807) is 12.3 Å². The molecular weight excluding hydrogens is 188 g/mol. The molecule has 0 atom stereocenters. The Morgan fingerprint density at radius 3 is 2.67 bits per heavy atom. The van der Waals surface area contributed by atoms with Gasteiger partial charge in [0, 0.05) is 0 Å². The van der Waals surface area contributed by atoms with Crippen molar-refractivity contribution >= 4 is 5.82 Å². The van der Waals surface area contributed by atoms with E-state index in [4.69, 9.17) is 10.5 Å². The van der Waals surface area contributed by atoms with Gasteiger partial charge < -0.3 is 10.5 Å². The third kappa shape index (κ3) is 5.25. The van der Waals surface area contributed by atoms with Gasteiger partial charge in [0.1, 0.15) is 11.6 Å². The highest BCUT2D eigenvalue weighted by Gasteiger charge is 1.94. The molecule has 84 valence electrons. The number of nitrogens with two attached hydrogens (primary N) is 1. The monoisotopic (exact) mass is 208 g/mol. The Balaban J connectivity index is 2.07. The molecule has 1 aromatic heterocycles. The second-order valence-corrected chi connectivity index (χ2v) is 3.68. The first-order chi connectivity index (χ1) is 7.33. The van der Waals surface area contributed by atoms with Crippen LogP contribution in [0.4, 0.5) is 5.82 Å². The largest absolute Gasteiger partial charge is 0.492 e. The lowest BCUT2D eigenvalue weighted by molar-refractivity contribution is 0.303. The first-order valence-corrected chi connectivity index (χ1v) is 5.67. The Bertz CT molecular complexity index is 259. The summed E-state index contributed by atoms with van der Waals surface area (Å²) in [4.78, 5) is 3.96. The fourth-order valence-electron chi connectivity index (χ4n) is 1.37. The van der Waals surface area contributed by atoms with Crippen LogP contribution in [-0.2, 0) is 0 Å². The van der Waals surface area contributed by atoms with Crippen molar-refractivity contribution in [3.63, 3.8) is 0 Å². The van der Waals surface area contributed by atoms with Gasteiger partial charge in [0.25, 0.3) is 0 Å². The van der Waals surface area contributed by atoms with Crippen LogP contribution in [-0.4, -0.2) is 11.6 Å². The van der Waals surface area contributed by atoms with Crippen molar-refractivity contribution in [2.45, 2.75) is 39.0 Å². The van der Waals surface area contributed by atoms with E-state index in [1.807, 2.05) is 6.07 Å². The zero-order valence-electron chi connectivity index (χ0n) is 9.41. The van der Waals surface area contributed by atoms with Gasteiger partial charge in [0.2, 0.25) is 0 Å². The van der Waals surface area contributed by atoms with E-state index < -0.39 is 0 Å². The normalized spacial score (nSPS) is 10.2. The maximum absolute atomic E-state index is 5.52. The minimum absolute atomic E-state index is 0.533. The molecule has 3 heteroatoms. The summed E-state index contributed by atoms with van der Waals surface area (Å²) in [6.07, 6.45) is 7.94. The van der Waals surface area contributed by atoms with Gasteiger partial charge in [-0.15, -0.1) is 0 Å². The van der Waals surface area contributed by atoms with Crippen LogP contribution in [0.3, 0.4) is 0 Å². The highest BCUT2D eigenvalue weighted by atomic mass is 16.5. The molecule has 2 N–H and O–H groups in total. The van der Waals surface area contributed by atoms with Gasteiger partial charge in [0.15, 0.2) is 0 Å². The van der Waals surface area contributed by atoms with Gasteiger partial charge >= 0.3 is 0 Å². The average molecular weight is 208 g/mol. The summed E-state index contributed by atoms with van der Waals surface area (Å²) in [5.74, 6) is 1.34. The predicted octanol–water partition coefficient (Wildman–Crippen LogP) is 3.01. The lowest BCUT2D eigenvalue weighted by Gasteiger charge is -2.05. The van der Waals surface area contributed by atoms with Crippen molar-refractivity contribution in [3.8, 4) is 5.75 Å². The molecule has 0 bridgehead atoms. The fourth-order valence-corrected chi connectivity index (χ4v) is 1.37. The molecule has 0 spiro atoms. The standard InChI is InChI=1S/C12H20N2O/c1-2-3-4-5-6-9-15-11-7-8-12(13)14-10-11/h7-8,10H,2-6,9H2,1H3,(H2,13,14). The van der Waals surface area contributed by atoms with E-state index in [0.29, 0.717) is 5.82 Å². The first kappa shape index (κ1) is 11.8. The number of pyridine rings is 1. The summed E-state index contributed by atoms with van der Waals surface area (Å²) in [6, 6.07) is 3.61. The van der Waals surface area contributed by atoms with Gasteiger partial charge in [-0.1, -0.05) is 32.6 Å². The fraction of sp³-hybridized carbons (Fsp3) is 0.583. The van der Waals surface area contributed by atoms with Crippen LogP contribution in [0.1, 0.15) is 39.0 Å². The van der Waals surface area contributed by atoms with Crippen molar-refractivity contribution in [1.29, 1.82) is 0 Å². The number of nitrogen functional groups attached to an aromatic ring is 1. The zero-order valence-corrected chi connectivity index (χ0v) is 9.41. The van der Waals surface area contributed by atoms with Gasteiger partial charge in [-0.25, -0.2) is 4.98 Å². The second-order valence-electron chi connectivity index (χ2n) is 3.68. The molecule has 0 aromatic carbocycles. The number of aromatic nitrogens is 1. The molecule has 0 aliphatic carbocycles. The summed E-state index contributed by atoms with van der Waals surface area (Å²) in [5, 5.41) is 0. The van der Waals surface area contributed by atoms with Crippen molar-refractivity contribution in [3.05, 3.63) is 18.3 Å². The van der Waals surface area contributed by atoms with E-state index >= 15 is 0 Å². The number of rotatable bonds is 7. The smallest absolute Gasteiger partial charge is 0.137 e. The van der Waals surface area contributed by atoms with Crippen LogP contribution in [0.5, 0.6) is 5.75 Å². The molecule has 0 aliphatic heterocycles. The van der Waals surface area contributed by atoms with E-state index in [2.05, 4.69) is 11.9 Å². The molecule has 0 saturated heterocycles. The molecule has 0 amide bonds. The summed E-state index contributed by atoms with van der Waals surface area (Å²) in [7, 11) is 0. The van der Waals surface area contributed by atoms with Crippen molar-refractivity contribution in [2.24, 2.45) is 0 Å². The molecule has 15 heavy (non-hydrogen) atoms. The molecule has 0 fully saturated rings. The van der Waals surface area contributed by atoms with Crippen molar-refractivity contribution in [2.75, 3.05) is 12.3 Å². The number of hydrogen-bond donors (Lipinski definition) is 1. The number of unbranched alkanes of at least 4 members (excludes halogenated alkanes) is 4. The number of hydrogen-bond acceptors (Lipinski definition) is 3. The minimum atomic E-state index is 0.533. The highest BCUT2D eigenvalue weighted by Crippen LogP contribution is 2.11. The summed E-state index contributed by atoms with van der Waals surface area (Å²) in [6.45, 7) is 2.99. The van der Waals surface area contributed by atoms with Gasteiger partial charge in [-0.05, 0) is 18.6 Å². The number of nitrogens with zero attached hydrogens (tertiary/aromatic N) is 1. The quantitative estimate of drug-likeness (QED) is 0.701. The molecule has 0 radical (unpaired) electrons. The molecule has 0 unspecified atom stereocenters. The molecular formula is C12H20N2O. The van der Waals surface area contributed by atoms with Crippen LogP contribution in [0.2, 0.25) is 0 Å². The Hall–Kier alpha value is -1.25. The molecule has 1 aromatic rings. The van der Waals surface area contributed by atoms with Gasteiger partial charge in [-0.3, -0.25) is 0 Å². The Kier molecular flexibility index (Phi) is 5.59. The topological polar surface area (TPSA) is 48.1 Å². The third-order valence-electron chi connectivity index (χ3n) is 2.28. The second kappa shape index (κ2) is 7.10. The van der Waals surface area contributed by atoms with Crippen LogP contribution in [0.15, 0.2) is 18.3 Å². The van der Waals surface area contributed by atoms with Crippen molar-refractivity contribution in [1.82, 2.24) is 4.98 Å². The molecule has 1 heterocycles. The lowest BCUT2D eigenvalue weighted by atomic mass is 10.2. The average Bonchev–Trinajstić information content (AvgIpc) is 2.26. The maximum atomic E-state index is 5.52. The Labute approximate surface area is 91.7 Å². The molecule has 0 saturated carbocycles. The van der Waals surface area contributed by atoms with Crippen LogP contribution in [0, 0.1) is 0 Å².